The van der Waals surface area contributed by atoms with Crippen LogP contribution in [-0.2, 0) is 9.59 Å². The van der Waals surface area contributed by atoms with Gasteiger partial charge in [0.1, 0.15) is 9.94 Å². The molecule has 1 aromatic heterocycles. The zero-order valence-electron chi connectivity index (χ0n) is 11.2. The van der Waals surface area contributed by atoms with Gasteiger partial charge >= 0.3 is 5.69 Å². The summed E-state index contributed by atoms with van der Waals surface area (Å²) < 4.78 is 0. The normalized spacial score (nSPS) is 14.7. The SMILES string of the molecule is O=C1C(Cl)=C(Sc2n[nH]c(=O)[nH]c2=O)C(=O)N1c1ccccc1. The van der Waals surface area contributed by atoms with Crippen molar-refractivity contribution < 1.29 is 9.59 Å². The lowest BCUT2D eigenvalue weighted by Crippen LogP contribution is -2.31. The number of nitrogens with zero attached hydrogens (tertiary/aromatic N) is 2. The Hall–Kier alpha value is -2.65. The van der Waals surface area contributed by atoms with E-state index in [1.807, 2.05) is 10.1 Å². The third-order valence-electron chi connectivity index (χ3n) is 2.88. The Morgan fingerprint density at radius 3 is 2.39 bits per heavy atom. The van der Waals surface area contributed by atoms with Crippen molar-refractivity contribution in [3.05, 3.63) is 61.1 Å². The smallest absolute Gasteiger partial charge is 0.271 e. The van der Waals surface area contributed by atoms with Crippen LogP contribution in [-0.4, -0.2) is 27.0 Å². The molecule has 0 atom stereocenters. The molecule has 2 N–H and O–H groups in total. The topological polar surface area (TPSA) is 116 Å². The van der Waals surface area contributed by atoms with Crippen molar-refractivity contribution in [2.75, 3.05) is 4.90 Å². The average Bonchev–Trinajstić information content (AvgIpc) is 2.74. The minimum Gasteiger partial charge on any atom is -0.271 e. The summed E-state index contributed by atoms with van der Waals surface area (Å²) in [6, 6.07) is 8.24. The van der Waals surface area contributed by atoms with Crippen molar-refractivity contribution in [1.82, 2.24) is 15.2 Å². The number of aromatic nitrogens is 3. The van der Waals surface area contributed by atoms with Crippen molar-refractivity contribution in [3.63, 3.8) is 0 Å². The molecule has 1 aromatic carbocycles. The number of H-pyrrole nitrogens is 2. The van der Waals surface area contributed by atoms with Crippen LogP contribution in [0.1, 0.15) is 0 Å². The van der Waals surface area contributed by atoms with Crippen LogP contribution in [0.2, 0.25) is 0 Å². The number of aromatic amines is 2. The van der Waals surface area contributed by atoms with E-state index >= 15 is 0 Å². The lowest BCUT2D eigenvalue weighted by atomic mass is 10.3. The first-order valence-corrected chi connectivity index (χ1v) is 7.39. The molecular weight excluding hydrogens is 344 g/mol. The Morgan fingerprint density at radius 2 is 1.74 bits per heavy atom. The van der Waals surface area contributed by atoms with E-state index < -0.39 is 23.1 Å². The van der Waals surface area contributed by atoms with Gasteiger partial charge < -0.3 is 0 Å². The van der Waals surface area contributed by atoms with Gasteiger partial charge in [0.05, 0.1) is 5.69 Å². The third-order valence-corrected chi connectivity index (χ3v) is 4.40. The van der Waals surface area contributed by atoms with Gasteiger partial charge in [0.2, 0.25) is 0 Å². The van der Waals surface area contributed by atoms with E-state index in [1.165, 1.54) is 0 Å². The number of benzene rings is 1. The molecule has 3 rings (SSSR count). The summed E-state index contributed by atoms with van der Waals surface area (Å²) in [6.07, 6.45) is 0. The summed E-state index contributed by atoms with van der Waals surface area (Å²) in [5.74, 6) is -1.35. The van der Waals surface area contributed by atoms with E-state index in [0.717, 1.165) is 4.90 Å². The summed E-state index contributed by atoms with van der Waals surface area (Å²) >= 11 is 6.55. The molecule has 2 aromatic rings. The number of rotatable bonds is 3. The second-order valence-electron chi connectivity index (χ2n) is 4.34. The van der Waals surface area contributed by atoms with E-state index in [2.05, 4.69) is 5.10 Å². The molecule has 2 heterocycles. The number of thioether (sulfide) groups is 1. The molecule has 10 heteroatoms. The van der Waals surface area contributed by atoms with Gasteiger partial charge in [0.15, 0.2) is 5.03 Å². The zero-order chi connectivity index (χ0) is 16.6. The first-order valence-electron chi connectivity index (χ1n) is 6.19. The number of hydrogen-bond donors (Lipinski definition) is 2. The van der Waals surface area contributed by atoms with E-state index in [4.69, 9.17) is 11.6 Å². The van der Waals surface area contributed by atoms with Crippen LogP contribution < -0.4 is 16.1 Å². The number of hydrogen-bond acceptors (Lipinski definition) is 6. The number of imide groups is 1. The molecule has 8 nitrogen and oxygen atoms in total. The van der Waals surface area contributed by atoms with Crippen molar-refractivity contribution in [1.29, 1.82) is 0 Å². The molecular formula is C13H7ClN4O4S. The van der Waals surface area contributed by atoms with Gasteiger partial charge in [0, 0.05) is 0 Å². The summed E-state index contributed by atoms with van der Waals surface area (Å²) in [5.41, 5.74) is -1.20. The molecule has 2 amide bonds. The van der Waals surface area contributed by atoms with E-state index in [9.17, 15) is 19.2 Å². The standard InChI is InChI=1S/C13H7ClN4O4S/c14-7-8(23-10-9(19)15-13(22)17-16-10)12(21)18(11(7)20)6-4-2-1-3-5-6/h1-5H,(H2,15,17,19,22). The van der Waals surface area contributed by atoms with Crippen molar-refractivity contribution in [3.8, 4) is 0 Å². The van der Waals surface area contributed by atoms with E-state index in [1.54, 1.807) is 30.3 Å². The van der Waals surface area contributed by atoms with Crippen LogP contribution in [0.15, 0.2) is 54.9 Å². The minimum absolute atomic E-state index is 0.134. The number of carbonyl (C=O) groups excluding carboxylic acids is 2. The highest BCUT2D eigenvalue weighted by molar-refractivity contribution is 8.04. The number of para-hydroxylation sites is 1. The highest BCUT2D eigenvalue weighted by atomic mass is 35.5. The van der Waals surface area contributed by atoms with Gasteiger partial charge in [-0.15, -0.1) is 0 Å². The molecule has 0 saturated heterocycles. The fourth-order valence-corrected chi connectivity index (χ4v) is 2.95. The molecule has 0 saturated carbocycles. The quantitative estimate of drug-likeness (QED) is 0.782. The van der Waals surface area contributed by atoms with Crippen LogP contribution >= 0.6 is 23.4 Å². The Labute approximate surface area is 137 Å². The highest BCUT2D eigenvalue weighted by Crippen LogP contribution is 2.36. The van der Waals surface area contributed by atoms with Crippen LogP contribution in [0.3, 0.4) is 0 Å². The predicted molar refractivity (Wildman–Crippen MR) is 83.1 cm³/mol. The Bertz CT molecular complexity index is 950. The summed E-state index contributed by atoms with van der Waals surface area (Å²) in [7, 11) is 0. The Morgan fingerprint density at radius 1 is 1.04 bits per heavy atom. The summed E-state index contributed by atoms with van der Waals surface area (Å²) in [4.78, 5) is 50.0. The maximum Gasteiger partial charge on any atom is 0.342 e. The molecule has 23 heavy (non-hydrogen) atoms. The second-order valence-corrected chi connectivity index (χ2v) is 5.72. The number of nitrogens with one attached hydrogen (secondary N) is 2. The highest BCUT2D eigenvalue weighted by Gasteiger charge is 2.39. The summed E-state index contributed by atoms with van der Waals surface area (Å²) in [6.45, 7) is 0. The molecule has 1 aliphatic heterocycles. The molecule has 0 spiro atoms. The maximum absolute atomic E-state index is 12.4. The molecule has 0 aliphatic carbocycles. The maximum atomic E-state index is 12.4. The van der Waals surface area contributed by atoms with Crippen molar-refractivity contribution in [2.24, 2.45) is 0 Å². The van der Waals surface area contributed by atoms with E-state index in [-0.39, 0.29) is 15.0 Å². The predicted octanol–water partition coefficient (Wildman–Crippen LogP) is 0.574. The third kappa shape index (κ3) is 2.71. The van der Waals surface area contributed by atoms with Crippen LogP contribution in [0.5, 0.6) is 0 Å². The lowest BCUT2D eigenvalue weighted by molar-refractivity contribution is -0.120. The molecule has 0 bridgehead atoms. The van der Waals surface area contributed by atoms with Crippen molar-refractivity contribution in [2.45, 2.75) is 5.03 Å². The van der Waals surface area contributed by atoms with Crippen LogP contribution in [0, 0.1) is 0 Å². The molecule has 1 aliphatic rings. The number of anilines is 1. The summed E-state index contributed by atoms with van der Waals surface area (Å²) in [5, 5.41) is 5.07. The van der Waals surface area contributed by atoms with Crippen molar-refractivity contribution >= 4 is 40.9 Å². The van der Waals surface area contributed by atoms with Gasteiger partial charge in [-0.1, -0.05) is 41.6 Å². The number of halogens is 1. The van der Waals surface area contributed by atoms with Gasteiger partial charge in [-0.3, -0.25) is 19.4 Å². The largest absolute Gasteiger partial charge is 0.342 e. The second kappa shape index (κ2) is 5.86. The first-order chi connectivity index (χ1) is 11.0. The van der Waals surface area contributed by atoms with Gasteiger partial charge in [0.25, 0.3) is 17.4 Å². The van der Waals surface area contributed by atoms with Gasteiger partial charge in [-0.25, -0.2) is 14.8 Å². The Balaban J connectivity index is 1.97. The molecule has 0 fully saturated rings. The average molecular weight is 351 g/mol. The number of carbonyl (C=O) groups is 2. The molecule has 0 radical (unpaired) electrons. The number of amides is 2. The molecule has 0 unspecified atom stereocenters. The van der Waals surface area contributed by atoms with Gasteiger partial charge in [-0.05, 0) is 12.1 Å². The fraction of sp³-hybridized carbons (Fsp3) is 0. The first kappa shape index (κ1) is 15.3. The van der Waals surface area contributed by atoms with Crippen LogP contribution in [0.25, 0.3) is 0 Å². The zero-order valence-corrected chi connectivity index (χ0v) is 12.8. The van der Waals surface area contributed by atoms with Gasteiger partial charge in [-0.2, -0.15) is 5.10 Å². The minimum atomic E-state index is -0.783. The monoisotopic (exact) mass is 350 g/mol. The van der Waals surface area contributed by atoms with Crippen LogP contribution in [0.4, 0.5) is 5.69 Å². The molecule has 116 valence electrons. The lowest BCUT2D eigenvalue weighted by Gasteiger charge is -2.14. The Kier molecular flexibility index (Phi) is 3.89. The fourth-order valence-electron chi connectivity index (χ4n) is 1.89. The van der Waals surface area contributed by atoms with E-state index in [0.29, 0.717) is 17.4 Å².